The topological polar surface area (TPSA) is 90.0 Å². The molecule has 1 heterocycles. The third kappa shape index (κ3) is 5.00. The fourth-order valence-corrected chi connectivity index (χ4v) is 3.89. The Morgan fingerprint density at radius 2 is 1.76 bits per heavy atom. The number of rotatable bonds is 7. The third-order valence-electron chi connectivity index (χ3n) is 4.02. The summed E-state index contributed by atoms with van der Waals surface area (Å²) in [5, 5.41) is 2.78. The maximum atomic E-state index is 12.6. The van der Waals surface area contributed by atoms with Gasteiger partial charge in [-0.2, -0.15) is 4.31 Å². The van der Waals surface area contributed by atoms with E-state index in [1.165, 1.54) is 28.6 Å². The molecule has 138 valence electrons. The van der Waals surface area contributed by atoms with Gasteiger partial charge in [-0.15, -0.1) is 0 Å². The van der Waals surface area contributed by atoms with Crippen molar-refractivity contribution >= 4 is 22.3 Å². The molecule has 9 heteroatoms. The number of hydrogen-bond donors (Lipinski definition) is 1. The van der Waals surface area contributed by atoms with Crippen LogP contribution in [0.4, 0.5) is 0 Å². The van der Waals surface area contributed by atoms with Crippen LogP contribution in [0.3, 0.4) is 0 Å². The second-order valence-corrected chi connectivity index (χ2v) is 8.07. The lowest BCUT2D eigenvalue weighted by molar-refractivity contribution is -0.119. The third-order valence-corrected chi connectivity index (χ3v) is 5.93. The quantitative estimate of drug-likeness (QED) is 0.652. The molecule has 1 aromatic carbocycles. The van der Waals surface area contributed by atoms with Crippen LogP contribution in [0.2, 0.25) is 0 Å². The molecule has 1 saturated heterocycles. The molecule has 25 heavy (non-hydrogen) atoms. The summed E-state index contributed by atoms with van der Waals surface area (Å²) in [5.74, 6) is -0.231. The average Bonchev–Trinajstić information content (AvgIpc) is 2.61. The number of carbonyl (C=O) groups is 2. The van der Waals surface area contributed by atoms with Crippen molar-refractivity contribution in [2.45, 2.75) is 4.90 Å². The number of piperazine rings is 1. The number of nitrogens with zero attached hydrogens (tertiary/aromatic N) is 3. The first-order chi connectivity index (χ1) is 11.8. The molecule has 0 atom stereocenters. The molecule has 2 amide bonds. The van der Waals surface area contributed by atoms with Crippen LogP contribution in [-0.2, 0) is 14.8 Å². The van der Waals surface area contributed by atoms with E-state index >= 15 is 0 Å². The summed E-state index contributed by atoms with van der Waals surface area (Å²) in [6, 6.07) is 5.92. The number of hydrogen-bond acceptors (Lipinski definition) is 5. The van der Waals surface area contributed by atoms with Gasteiger partial charge in [-0.05, 0) is 38.4 Å². The number of benzene rings is 1. The molecule has 1 aliphatic rings. The van der Waals surface area contributed by atoms with Gasteiger partial charge in [0.25, 0.3) is 5.91 Å². The SMILES string of the molecule is CN(C)CCNC(=O)c1ccc(S(=O)(=O)N2CCN(C=O)CC2)cc1. The maximum absolute atomic E-state index is 12.6. The first-order valence-electron chi connectivity index (χ1n) is 8.07. The largest absolute Gasteiger partial charge is 0.351 e. The molecule has 0 unspecified atom stereocenters. The molecule has 0 radical (unpaired) electrons. The van der Waals surface area contributed by atoms with E-state index in [0.717, 1.165) is 13.0 Å². The van der Waals surface area contributed by atoms with Gasteiger partial charge >= 0.3 is 0 Å². The van der Waals surface area contributed by atoms with Crippen LogP contribution >= 0.6 is 0 Å². The molecular formula is C16H24N4O4S. The first-order valence-corrected chi connectivity index (χ1v) is 9.51. The molecule has 2 rings (SSSR count). The van der Waals surface area contributed by atoms with E-state index in [4.69, 9.17) is 0 Å². The molecule has 1 fully saturated rings. The summed E-state index contributed by atoms with van der Waals surface area (Å²) in [6.45, 7) is 2.56. The lowest BCUT2D eigenvalue weighted by Crippen LogP contribution is -2.47. The van der Waals surface area contributed by atoms with Crippen molar-refractivity contribution in [2.75, 3.05) is 53.4 Å². The van der Waals surface area contributed by atoms with Gasteiger partial charge in [0.1, 0.15) is 0 Å². The number of amides is 2. The van der Waals surface area contributed by atoms with Gasteiger partial charge in [-0.3, -0.25) is 9.59 Å². The number of likely N-dealkylation sites (N-methyl/N-ethyl adjacent to an activating group) is 1. The zero-order valence-electron chi connectivity index (χ0n) is 14.5. The normalized spacial score (nSPS) is 16.0. The Labute approximate surface area is 148 Å². The first kappa shape index (κ1) is 19.4. The smallest absolute Gasteiger partial charge is 0.251 e. The monoisotopic (exact) mass is 368 g/mol. The van der Waals surface area contributed by atoms with E-state index in [2.05, 4.69) is 5.32 Å². The second kappa shape index (κ2) is 8.41. The highest BCUT2D eigenvalue weighted by molar-refractivity contribution is 7.89. The lowest BCUT2D eigenvalue weighted by Gasteiger charge is -2.31. The number of nitrogens with one attached hydrogen (secondary N) is 1. The van der Waals surface area contributed by atoms with Gasteiger partial charge in [0, 0.05) is 44.8 Å². The zero-order valence-corrected chi connectivity index (χ0v) is 15.3. The van der Waals surface area contributed by atoms with E-state index in [1.54, 1.807) is 4.90 Å². The number of carbonyl (C=O) groups excluding carboxylic acids is 2. The van der Waals surface area contributed by atoms with E-state index in [1.807, 2.05) is 19.0 Å². The molecule has 1 aromatic rings. The summed E-state index contributed by atoms with van der Waals surface area (Å²) in [4.78, 5) is 26.4. The predicted molar refractivity (Wildman–Crippen MR) is 93.7 cm³/mol. The Balaban J connectivity index is 2.01. The van der Waals surface area contributed by atoms with Crippen LogP contribution in [0, 0.1) is 0 Å². The molecule has 0 saturated carbocycles. The standard InChI is InChI=1S/C16H24N4O4S/c1-18(2)8-7-17-16(22)14-3-5-15(6-4-14)25(23,24)20-11-9-19(13-21)10-12-20/h3-6,13H,7-12H2,1-2H3,(H,17,22). The molecule has 0 bridgehead atoms. The van der Waals surface area contributed by atoms with E-state index < -0.39 is 10.0 Å². The van der Waals surface area contributed by atoms with Crippen molar-refractivity contribution in [2.24, 2.45) is 0 Å². The van der Waals surface area contributed by atoms with Gasteiger partial charge in [-0.1, -0.05) is 0 Å². The van der Waals surface area contributed by atoms with Gasteiger partial charge in [0.05, 0.1) is 4.90 Å². The Morgan fingerprint density at radius 3 is 2.28 bits per heavy atom. The highest BCUT2D eigenvalue weighted by atomic mass is 32.2. The predicted octanol–water partition coefficient (Wildman–Crippen LogP) is -0.559. The van der Waals surface area contributed by atoms with Gasteiger partial charge in [0.15, 0.2) is 0 Å². The van der Waals surface area contributed by atoms with Crippen molar-refractivity contribution in [3.8, 4) is 0 Å². The average molecular weight is 368 g/mol. The fraction of sp³-hybridized carbons (Fsp3) is 0.500. The van der Waals surface area contributed by atoms with E-state index in [9.17, 15) is 18.0 Å². The lowest BCUT2D eigenvalue weighted by atomic mass is 10.2. The van der Waals surface area contributed by atoms with Crippen LogP contribution in [0.1, 0.15) is 10.4 Å². The molecule has 1 aliphatic heterocycles. The summed E-state index contributed by atoms with van der Waals surface area (Å²) in [5.41, 5.74) is 0.420. The fourth-order valence-electron chi connectivity index (χ4n) is 2.47. The highest BCUT2D eigenvalue weighted by Gasteiger charge is 2.28. The van der Waals surface area contributed by atoms with Gasteiger partial charge < -0.3 is 15.1 Å². The van der Waals surface area contributed by atoms with E-state index in [-0.39, 0.29) is 23.9 Å². The van der Waals surface area contributed by atoms with Gasteiger partial charge in [-0.25, -0.2) is 8.42 Å². The molecule has 0 aliphatic carbocycles. The minimum absolute atomic E-state index is 0.150. The van der Waals surface area contributed by atoms with Crippen LogP contribution < -0.4 is 5.32 Å². The zero-order chi connectivity index (χ0) is 18.4. The van der Waals surface area contributed by atoms with Crippen molar-refractivity contribution in [3.05, 3.63) is 29.8 Å². The Morgan fingerprint density at radius 1 is 1.16 bits per heavy atom. The van der Waals surface area contributed by atoms with Crippen LogP contribution in [0.25, 0.3) is 0 Å². The maximum Gasteiger partial charge on any atom is 0.251 e. The summed E-state index contributed by atoms with van der Waals surface area (Å²) >= 11 is 0. The second-order valence-electron chi connectivity index (χ2n) is 6.13. The Kier molecular flexibility index (Phi) is 6.51. The van der Waals surface area contributed by atoms with E-state index in [0.29, 0.717) is 25.2 Å². The molecular weight excluding hydrogens is 344 g/mol. The minimum atomic E-state index is -3.61. The molecule has 0 aromatic heterocycles. The Bertz CT molecular complexity index is 695. The van der Waals surface area contributed by atoms with Crippen LogP contribution in [0.5, 0.6) is 0 Å². The minimum Gasteiger partial charge on any atom is -0.351 e. The molecule has 1 N–H and O–H groups in total. The summed E-state index contributed by atoms with van der Waals surface area (Å²) in [6.07, 6.45) is 0.730. The summed E-state index contributed by atoms with van der Waals surface area (Å²) < 4.78 is 26.6. The number of sulfonamides is 1. The van der Waals surface area contributed by atoms with Crippen molar-refractivity contribution in [1.29, 1.82) is 0 Å². The van der Waals surface area contributed by atoms with Crippen LogP contribution in [-0.4, -0.2) is 88.2 Å². The van der Waals surface area contributed by atoms with Crippen molar-refractivity contribution < 1.29 is 18.0 Å². The molecule has 8 nitrogen and oxygen atoms in total. The van der Waals surface area contributed by atoms with Crippen LogP contribution in [0.15, 0.2) is 29.2 Å². The summed E-state index contributed by atoms with van der Waals surface area (Å²) in [7, 11) is 0.223. The van der Waals surface area contributed by atoms with Gasteiger partial charge in [0.2, 0.25) is 16.4 Å². The Hall–Kier alpha value is -1.97. The molecule has 0 spiro atoms. The highest BCUT2D eigenvalue weighted by Crippen LogP contribution is 2.18. The van der Waals surface area contributed by atoms with Crippen molar-refractivity contribution in [1.82, 2.24) is 19.4 Å². The van der Waals surface area contributed by atoms with Crippen molar-refractivity contribution in [3.63, 3.8) is 0 Å².